The second kappa shape index (κ2) is 6.16. The molecule has 5 atom stereocenters. The van der Waals surface area contributed by atoms with Crippen molar-refractivity contribution in [2.45, 2.75) is 24.5 Å². The SMILES string of the molecule is N=c1c2ncn([C@@H]3O[C@@H]4COP(=O)([O-])O[C@H]4[C@H]3O)c2ncn1O.[Na+]. The second-order valence-electron chi connectivity index (χ2n) is 5.13. The Labute approximate surface area is 156 Å². The van der Waals surface area contributed by atoms with E-state index in [-0.39, 0.29) is 52.8 Å². The van der Waals surface area contributed by atoms with Crippen molar-refractivity contribution in [3.05, 3.63) is 18.1 Å². The van der Waals surface area contributed by atoms with Crippen molar-refractivity contribution < 1.29 is 63.1 Å². The van der Waals surface area contributed by atoms with Crippen LogP contribution in [0, 0.1) is 5.41 Å². The molecule has 0 aliphatic carbocycles. The third kappa shape index (κ3) is 2.73. The molecule has 0 saturated carbocycles. The summed E-state index contributed by atoms with van der Waals surface area (Å²) in [7, 11) is -4.46. The zero-order valence-corrected chi connectivity index (χ0v) is 15.2. The van der Waals surface area contributed by atoms with E-state index in [0.717, 1.165) is 6.33 Å². The predicted octanol–water partition coefficient (Wildman–Crippen LogP) is -4.90. The Balaban J connectivity index is 0.00000169. The van der Waals surface area contributed by atoms with Crippen LogP contribution in [-0.4, -0.2) is 54.5 Å². The summed E-state index contributed by atoms with van der Waals surface area (Å²) in [6, 6.07) is 0. The van der Waals surface area contributed by atoms with Gasteiger partial charge < -0.3 is 29.0 Å². The van der Waals surface area contributed by atoms with Gasteiger partial charge in [-0.05, 0) is 0 Å². The topological polar surface area (TPSA) is 168 Å². The average Bonchev–Trinajstić information content (AvgIpc) is 3.05. The molecular weight excluding hydrogens is 356 g/mol. The van der Waals surface area contributed by atoms with Gasteiger partial charge in [-0.3, -0.25) is 14.5 Å². The number of aliphatic hydroxyl groups excluding tert-OH is 1. The van der Waals surface area contributed by atoms with Crippen molar-refractivity contribution in [3.63, 3.8) is 0 Å². The van der Waals surface area contributed by atoms with Crippen LogP contribution < -0.4 is 39.9 Å². The molecule has 4 heterocycles. The summed E-state index contributed by atoms with van der Waals surface area (Å²) >= 11 is 0. The van der Waals surface area contributed by atoms with E-state index in [1.54, 1.807) is 0 Å². The molecule has 2 saturated heterocycles. The Kier molecular flexibility index (Phi) is 4.62. The van der Waals surface area contributed by atoms with Crippen LogP contribution in [0.4, 0.5) is 0 Å². The number of nitrogens with one attached hydrogen (secondary N) is 1. The van der Waals surface area contributed by atoms with Gasteiger partial charge in [0.15, 0.2) is 22.9 Å². The van der Waals surface area contributed by atoms with Gasteiger partial charge in [0.05, 0.1) is 12.9 Å². The molecule has 24 heavy (non-hydrogen) atoms. The zero-order valence-electron chi connectivity index (χ0n) is 12.3. The van der Waals surface area contributed by atoms with Crippen LogP contribution in [0.25, 0.3) is 11.2 Å². The molecule has 4 rings (SSSR count). The number of imidazole rings is 1. The van der Waals surface area contributed by atoms with Crippen molar-refractivity contribution in [2.75, 3.05) is 6.61 Å². The standard InChI is InChI=1S/C10H12N5O7P.Na/c11-8-5-9(13-3-15(8)17)14(2-12-5)10-6(16)7-4(21-10)1-20-23(18,19)22-7;/h2-4,6-7,10-11,16-17H,1H2,(H,18,19);/q;+1/p-1/t4-,6-,7-,10-;/m1./s1. The fraction of sp³-hybridized carbons (Fsp3) is 0.500. The molecule has 3 N–H and O–H groups in total. The number of ether oxygens (including phenoxy) is 1. The van der Waals surface area contributed by atoms with Crippen molar-refractivity contribution in [2.24, 2.45) is 0 Å². The van der Waals surface area contributed by atoms with Gasteiger partial charge in [0.2, 0.25) is 0 Å². The molecule has 0 aromatic carbocycles. The van der Waals surface area contributed by atoms with E-state index in [1.165, 1.54) is 10.9 Å². The number of hydrogen-bond donors (Lipinski definition) is 3. The van der Waals surface area contributed by atoms with Crippen molar-refractivity contribution in [1.82, 2.24) is 19.3 Å². The molecule has 0 amide bonds. The molecule has 2 fully saturated rings. The Bertz CT molecular complexity index is 886. The third-order valence-electron chi connectivity index (χ3n) is 3.74. The number of phosphoric ester groups is 1. The second-order valence-corrected chi connectivity index (χ2v) is 6.49. The van der Waals surface area contributed by atoms with Crippen LogP contribution in [0.15, 0.2) is 12.7 Å². The number of fused-ring (bicyclic) bond motifs is 2. The number of hydrogen-bond acceptors (Lipinski definition) is 10. The molecule has 14 heteroatoms. The van der Waals surface area contributed by atoms with Gasteiger partial charge in [-0.15, -0.1) is 0 Å². The molecule has 2 aliphatic rings. The normalized spacial score (nSPS) is 35.6. The molecule has 12 nitrogen and oxygen atoms in total. The first-order valence-corrected chi connectivity index (χ1v) is 7.99. The zero-order chi connectivity index (χ0) is 16.4. The predicted molar refractivity (Wildman–Crippen MR) is 66.9 cm³/mol. The van der Waals surface area contributed by atoms with Crippen LogP contribution in [0.3, 0.4) is 0 Å². The first-order chi connectivity index (χ1) is 10.9. The van der Waals surface area contributed by atoms with E-state index in [2.05, 4.69) is 14.5 Å². The van der Waals surface area contributed by atoms with Gasteiger partial charge in [-0.2, -0.15) is 4.73 Å². The van der Waals surface area contributed by atoms with Gasteiger partial charge >= 0.3 is 29.6 Å². The minimum atomic E-state index is -4.46. The van der Waals surface area contributed by atoms with E-state index in [1.807, 2.05) is 0 Å². The van der Waals surface area contributed by atoms with E-state index < -0.39 is 32.4 Å². The quantitative estimate of drug-likeness (QED) is 0.254. The van der Waals surface area contributed by atoms with Gasteiger partial charge in [-0.1, -0.05) is 0 Å². The van der Waals surface area contributed by atoms with Gasteiger partial charge in [0, 0.05) is 0 Å². The maximum absolute atomic E-state index is 11.4. The summed E-state index contributed by atoms with van der Waals surface area (Å²) in [4.78, 5) is 19.3. The summed E-state index contributed by atoms with van der Waals surface area (Å²) in [5, 5.41) is 27.4. The Morgan fingerprint density at radius 1 is 1.42 bits per heavy atom. The molecule has 0 spiro atoms. The molecule has 0 bridgehead atoms. The number of phosphoric acid groups is 1. The van der Waals surface area contributed by atoms with E-state index >= 15 is 0 Å². The van der Waals surface area contributed by atoms with E-state index in [9.17, 15) is 19.8 Å². The number of aromatic nitrogens is 4. The van der Waals surface area contributed by atoms with Crippen LogP contribution >= 0.6 is 7.82 Å². The van der Waals surface area contributed by atoms with Crippen LogP contribution in [0.1, 0.15) is 6.23 Å². The third-order valence-corrected chi connectivity index (χ3v) is 4.71. The molecule has 0 radical (unpaired) electrons. The van der Waals surface area contributed by atoms with Crippen LogP contribution in [0.2, 0.25) is 0 Å². The van der Waals surface area contributed by atoms with Gasteiger partial charge in [-0.25, -0.2) is 9.97 Å². The maximum Gasteiger partial charge on any atom is 1.00 e. The fourth-order valence-electron chi connectivity index (χ4n) is 2.67. The van der Waals surface area contributed by atoms with Crippen molar-refractivity contribution >= 4 is 19.0 Å². The molecular formula is C10H11N5NaO7P. The summed E-state index contributed by atoms with van der Waals surface area (Å²) in [5.41, 5.74) is -0.0103. The first kappa shape index (κ1) is 18.0. The smallest absolute Gasteiger partial charge is 0.756 e. The van der Waals surface area contributed by atoms with Gasteiger partial charge in [0.1, 0.15) is 24.6 Å². The average molecular weight is 367 g/mol. The molecule has 1 unspecified atom stereocenters. The van der Waals surface area contributed by atoms with E-state index in [4.69, 9.17) is 14.7 Å². The minimum Gasteiger partial charge on any atom is -0.756 e. The number of rotatable bonds is 1. The van der Waals surface area contributed by atoms with Crippen molar-refractivity contribution in [3.8, 4) is 0 Å². The summed E-state index contributed by atoms with van der Waals surface area (Å²) in [6.45, 7) is -0.264. The molecule has 124 valence electrons. The number of nitrogens with zero attached hydrogens (tertiary/aromatic N) is 4. The number of aliphatic hydroxyl groups is 1. The summed E-state index contributed by atoms with van der Waals surface area (Å²) in [5.74, 6) is 0. The van der Waals surface area contributed by atoms with Gasteiger partial charge in [0.25, 0.3) is 7.82 Å². The largest absolute Gasteiger partial charge is 1.00 e. The molecule has 2 aliphatic heterocycles. The maximum atomic E-state index is 11.4. The van der Waals surface area contributed by atoms with Crippen molar-refractivity contribution in [1.29, 1.82) is 5.41 Å². The van der Waals surface area contributed by atoms with E-state index in [0.29, 0.717) is 4.73 Å². The monoisotopic (exact) mass is 367 g/mol. The van der Waals surface area contributed by atoms with Crippen LogP contribution in [0.5, 0.6) is 0 Å². The first-order valence-electron chi connectivity index (χ1n) is 6.53. The molecule has 2 aromatic heterocycles. The minimum absolute atomic E-state index is 0. The van der Waals surface area contributed by atoms with Crippen LogP contribution in [-0.2, 0) is 18.3 Å². The Morgan fingerprint density at radius 3 is 2.92 bits per heavy atom. The Hall–Kier alpha value is -0.820. The molecule has 2 aromatic rings. The summed E-state index contributed by atoms with van der Waals surface area (Å²) < 4.78 is 28.1. The Morgan fingerprint density at radius 2 is 2.17 bits per heavy atom. The fourth-order valence-corrected chi connectivity index (χ4v) is 3.62. The summed E-state index contributed by atoms with van der Waals surface area (Å²) in [6.07, 6.45) is -1.91.